The van der Waals surface area contributed by atoms with Gasteiger partial charge in [-0.3, -0.25) is 9.59 Å². The molecule has 0 spiro atoms. The Balaban J connectivity index is 1.33. The van der Waals surface area contributed by atoms with Gasteiger partial charge in [-0.2, -0.15) is 0 Å². The van der Waals surface area contributed by atoms with Gasteiger partial charge in [0.2, 0.25) is 11.8 Å². The number of amides is 2. The number of anilines is 1. The minimum Gasteiger partial charge on any atom is -0.441 e. The minimum atomic E-state index is -0.551. The number of nitrogens with zero attached hydrogens (tertiary/aromatic N) is 2. The number of hydrogen-bond acceptors (Lipinski definition) is 4. The van der Waals surface area contributed by atoms with Crippen LogP contribution in [-0.4, -0.2) is 29.4 Å². The Morgan fingerprint density at radius 2 is 2.00 bits per heavy atom. The number of benzene rings is 2. The lowest BCUT2D eigenvalue weighted by molar-refractivity contribution is -0.128. The number of hydrogen-bond donors (Lipinski definition) is 1. The molecule has 6 nitrogen and oxygen atoms in total. The lowest BCUT2D eigenvalue weighted by Crippen LogP contribution is -2.52. The monoisotopic (exact) mass is 437 g/mol. The van der Waals surface area contributed by atoms with Crippen molar-refractivity contribution in [3.8, 4) is 11.3 Å². The summed E-state index contributed by atoms with van der Waals surface area (Å²) in [5, 5.41) is 3.38. The Labute approximate surface area is 186 Å². The molecule has 2 heterocycles. The van der Waals surface area contributed by atoms with E-state index in [1.807, 2.05) is 49.4 Å². The molecule has 3 aromatic rings. The standard InChI is InChI=1S/C24H24ClN3O3/c1-16-8-10-17(11-9-16)21-15-26-23(31-21)13-12-22(29)27-19-6-4-14-28(24(19)30)20-7-3-2-5-18(20)25/h2-3,5,7-11,15,19H,4,6,12-14H2,1H3,(H,27,29)/t19-/m1/s1. The van der Waals surface area contributed by atoms with Crippen molar-refractivity contribution in [3.05, 3.63) is 71.2 Å². The molecule has 0 saturated carbocycles. The highest BCUT2D eigenvalue weighted by Gasteiger charge is 2.31. The Hall–Kier alpha value is -3.12. The third-order valence-corrected chi connectivity index (χ3v) is 5.69. The van der Waals surface area contributed by atoms with Gasteiger partial charge in [-0.25, -0.2) is 4.98 Å². The summed E-state index contributed by atoms with van der Waals surface area (Å²) in [7, 11) is 0. The van der Waals surface area contributed by atoms with Gasteiger partial charge in [-0.15, -0.1) is 0 Å². The van der Waals surface area contributed by atoms with Gasteiger partial charge in [0.1, 0.15) is 6.04 Å². The van der Waals surface area contributed by atoms with Crippen molar-refractivity contribution < 1.29 is 14.0 Å². The number of oxazole rings is 1. The van der Waals surface area contributed by atoms with E-state index in [2.05, 4.69) is 10.3 Å². The summed E-state index contributed by atoms with van der Waals surface area (Å²) < 4.78 is 5.78. The number of aryl methyl sites for hydroxylation is 2. The Bertz CT molecular complexity index is 1080. The van der Waals surface area contributed by atoms with E-state index in [0.29, 0.717) is 41.7 Å². The quantitative estimate of drug-likeness (QED) is 0.614. The van der Waals surface area contributed by atoms with Crippen molar-refractivity contribution in [2.75, 3.05) is 11.4 Å². The number of carbonyl (C=O) groups is 2. The van der Waals surface area contributed by atoms with E-state index < -0.39 is 6.04 Å². The van der Waals surface area contributed by atoms with Gasteiger partial charge in [0.25, 0.3) is 0 Å². The van der Waals surface area contributed by atoms with E-state index in [1.165, 1.54) is 5.56 Å². The zero-order valence-corrected chi connectivity index (χ0v) is 18.1. The van der Waals surface area contributed by atoms with Gasteiger partial charge >= 0.3 is 0 Å². The molecule has 7 heteroatoms. The maximum absolute atomic E-state index is 12.9. The fourth-order valence-electron chi connectivity index (χ4n) is 3.68. The summed E-state index contributed by atoms with van der Waals surface area (Å²) in [6.45, 7) is 2.62. The van der Waals surface area contributed by atoms with Crippen LogP contribution in [0.2, 0.25) is 5.02 Å². The number of piperidine rings is 1. The topological polar surface area (TPSA) is 75.4 Å². The van der Waals surface area contributed by atoms with E-state index in [4.69, 9.17) is 16.0 Å². The lowest BCUT2D eigenvalue weighted by atomic mass is 10.0. The lowest BCUT2D eigenvalue weighted by Gasteiger charge is -2.33. The normalized spacial score (nSPS) is 16.4. The van der Waals surface area contributed by atoms with Gasteiger partial charge in [0, 0.05) is 24.9 Å². The van der Waals surface area contributed by atoms with Gasteiger partial charge in [0.15, 0.2) is 11.7 Å². The number of carbonyl (C=O) groups excluding carboxylic acids is 2. The van der Waals surface area contributed by atoms with Crippen molar-refractivity contribution in [1.29, 1.82) is 0 Å². The van der Waals surface area contributed by atoms with Gasteiger partial charge in [-0.05, 0) is 31.9 Å². The summed E-state index contributed by atoms with van der Waals surface area (Å²) in [6, 6.07) is 14.7. The molecule has 1 atom stereocenters. The molecule has 0 unspecified atom stereocenters. The molecule has 1 saturated heterocycles. The molecule has 0 bridgehead atoms. The first kappa shape index (κ1) is 21.1. The van der Waals surface area contributed by atoms with Crippen LogP contribution in [0.5, 0.6) is 0 Å². The average Bonchev–Trinajstić information content (AvgIpc) is 3.24. The van der Waals surface area contributed by atoms with Gasteiger partial charge in [0.05, 0.1) is 16.9 Å². The van der Waals surface area contributed by atoms with Crippen LogP contribution < -0.4 is 10.2 Å². The predicted octanol–water partition coefficient (Wildman–Crippen LogP) is 4.55. The molecule has 0 aliphatic carbocycles. The number of aromatic nitrogens is 1. The minimum absolute atomic E-state index is 0.134. The molecule has 31 heavy (non-hydrogen) atoms. The van der Waals surface area contributed by atoms with Crippen molar-refractivity contribution in [1.82, 2.24) is 10.3 Å². The summed E-state index contributed by atoms with van der Waals surface area (Å²) in [5.41, 5.74) is 2.79. The fourth-order valence-corrected chi connectivity index (χ4v) is 3.92. The third kappa shape index (κ3) is 4.97. The maximum Gasteiger partial charge on any atom is 0.249 e. The highest BCUT2D eigenvalue weighted by molar-refractivity contribution is 6.33. The first-order chi connectivity index (χ1) is 15.0. The van der Waals surface area contributed by atoms with Crippen LogP contribution in [0.25, 0.3) is 11.3 Å². The molecule has 4 rings (SSSR count). The van der Waals surface area contributed by atoms with Crippen LogP contribution in [0, 0.1) is 6.92 Å². The van der Waals surface area contributed by atoms with Crippen LogP contribution in [0.3, 0.4) is 0 Å². The average molecular weight is 438 g/mol. The van der Waals surface area contributed by atoms with Crippen LogP contribution in [-0.2, 0) is 16.0 Å². The summed E-state index contributed by atoms with van der Waals surface area (Å²) in [5.74, 6) is 0.839. The predicted molar refractivity (Wildman–Crippen MR) is 120 cm³/mol. The Kier molecular flexibility index (Phi) is 6.37. The summed E-state index contributed by atoms with van der Waals surface area (Å²) in [4.78, 5) is 31.3. The molecule has 1 aliphatic heterocycles. The SMILES string of the molecule is Cc1ccc(-c2cnc(CCC(=O)N[C@@H]3CCCN(c4ccccc4Cl)C3=O)o2)cc1. The summed E-state index contributed by atoms with van der Waals surface area (Å²) in [6.07, 6.45) is 3.64. The summed E-state index contributed by atoms with van der Waals surface area (Å²) >= 11 is 6.25. The number of nitrogens with one attached hydrogen (secondary N) is 1. The maximum atomic E-state index is 12.9. The first-order valence-electron chi connectivity index (χ1n) is 10.4. The molecule has 2 aromatic carbocycles. The first-order valence-corrected chi connectivity index (χ1v) is 10.8. The van der Waals surface area contributed by atoms with E-state index in [-0.39, 0.29) is 18.2 Å². The second kappa shape index (κ2) is 9.35. The van der Waals surface area contributed by atoms with Crippen LogP contribution in [0.15, 0.2) is 59.1 Å². The number of halogens is 1. The highest BCUT2D eigenvalue weighted by atomic mass is 35.5. The Morgan fingerprint density at radius 3 is 2.77 bits per heavy atom. The molecular formula is C24H24ClN3O3. The highest BCUT2D eigenvalue weighted by Crippen LogP contribution is 2.28. The van der Waals surface area contributed by atoms with Crippen molar-refractivity contribution in [2.24, 2.45) is 0 Å². The van der Waals surface area contributed by atoms with Crippen LogP contribution in [0.1, 0.15) is 30.7 Å². The molecule has 1 aliphatic rings. The van der Waals surface area contributed by atoms with Gasteiger partial charge in [-0.1, -0.05) is 53.6 Å². The Morgan fingerprint density at radius 1 is 1.23 bits per heavy atom. The largest absolute Gasteiger partial charge is 0.441 e. The number of rotatable bonds is 6. The molecule has 1 N–H and O–H groups in total. The smallest absolute Gasteiger partial charge is 0.249 e. The second-order valence-corrected chi connectivity index (χ2v) is 8.10. The van der Waals surface area contributed by atoms with E-state index in [0.717, 1.165) is 12.0 Å². The molecule has 2 amide bonds. The van der Waals surface area contributed by atoms with E-state index in [9.17, 15) is 9.59 Å². The van der Waals surface area contributed by atoms with Gasteiger partial charge < -0.3 is 14.6 Å². The zero-order chi connectivity index (χ0) is 21.8. The zero-order valence-electron chi connectivity index (χ0n) is 17.3. The van der Waals surface area contributed by atoms with Crippen LogP contribution in [0.4, 0.5) is 5.69 Å². The molecule has 160 valence electrons. The van der Waals surface area contributed by atoms with Crippen molar-refractivity contribution in [3.63, 3.8) is 0 Å². The molecule has 1 fully saturated rings. The molecule has 1 aromatic heterocycles. The van der Waals surface area contributed by atoms with Crippen LogP contribution >= 0.6 is 11.6 Å². The van der Waals surface area contributed by atoms with E-state index in [1.54, 1.807) is 17.2 Å². The van der Waals surface area contributed by atoms with Crippen molar-refractivity contribution in [2.45, 2.75) is 38.6 Å². The van der Waals surface area contributed by atoms with Crippen molar-refractivity contribution >= 4 is 29.1 Å². The number of para-hydroxylation sites is 1. The third-order valence-electron chi connectivity index (χ3n) is 5.37. The molecular weight excluding hydrogens is 414 g/mol. The fraction of sp³-hybridized carbons (Fsp3) is 0.292. The van der Waals surface area contributed by atoms with E-state index >= 15 is 0 Å². The second-order valence-electron chi connectivity index (χ2n) is 7.69. The molecule has 0 radical (unpaired) electrons.